The largest absolute Gasteiger partial charge is 0.497 e. The molecule has 0 saturated heterocycles. The van der Waals surface area contributed by atoms with Gasteiger partial charge >= 0.3 is 0 Å². The first kappa shape index (κ1) is 14.9. The molecule has 0 saturated carbocycles. The van der Waals surface area contributed by atoms with Crippen LogP contribution >= 0.6 is 15.9 Å². The first-order valence-corrected chi connectivity index (χ1v) is 7.67. The third-order valence-corrected chi connectivity index (χ3v) is 4.48. The normalized spacial score (nSPS) is 15.0. The highest BCUT2D eigenvalue weighted by molar-refractivity contribution is 9.10. The van der Waals surface area contributed by atoms with Crippen LogP contribution in [0, 0.1) is 0 Å². The fourth-order valence-corrected chi connectivity index (χ4v) is 3.13. The van der Waals surface area contributed by atoms with E-state index < -0.39 is 0 Å². The summed E-state index contributed by atoms with van der Waals surface area (Å²) in [5.41, 5.74) is 3.49. The minimum atomic E-state index is 0.0816. The Morgan fingerprint density at radius 3 is 2.36 bits per heavy atom. The Hall–Kier alpha value is -2.07. The number of benzene rings is 2. The molecule has 3 nitrogen and oxygen atoms in total. The molecule has 0 atom stereocenters. The zero-order valence-electron chi connectivity index (χ0n) is 12.4. The third-order valence-electron chi connectivity index (χ3n) is 3.74. The third kappa shape index (κ3) is 2.66. The van der Waals surface area contributed by atoms with Gasteiger partial charge in [-0.05, 0) is 35.4 Å². The molecule has 4 heteroatoms. The van der Waals surface area contributed by atoms with Crippen molar-refractivity contribution in [2.75, 3.05) is 14.2 Å². The van der Waals surface area contributed by atoms with Crippen molar-refractivity contribution in [2.45, 2.75) is 6.42 Å². The second-order valence-corrected chi connectivity index (χ2v) is 5.94. The van der Waals surface area contributed by atoms with Crippen LogP contribution in [0.1, 0.15) is 21.5 Å². The number of halogens is 1. The summed E-state index contributed by atoms with van der Waals surface area (Å²) in [6.45, 7) is 0. The lowest BCUT2D eigenvalue weighted by atomic mass is 10.1. The van der Waals surface area contributed by atoms with Gasteiger partial charge in [-0.2, -0.15) is 0 Å². The number of ether oxygens (including phenoxy) is 2. The number of fused-ring (bicyclic) bond motifs is 1. The highest BCUT2D eigenvalue weighted by Gasteiger charge is 2.26. The minimum Gasteiger partial charge on any atom is -0.497 e. The van der Waals surface area contributed by atoms with Crippen molar-refractivity contribution in [3.05, 3.63) is 63.1 Å². The summed E-state index contributed by atoms with van der Waals surface area (Å²) < 4.78 is 11.5. The van der Waals surface area contributed by atoms with Crippen LogP contribution in [0.15, 0.2) is 46.4 Å². The molecule has 0 heterocycles. The maximum atomic E-state index is 12.5. The van der Waals surface area contributed by atoms with E-state index in [9.17, 15) is 4.79 Å². The van der Waals surface area contributed by atoms with Gasteiger partial charge in [0.25, 0.3) is 0 Å². The predicted molar refractivity (Wildman–Crippen MR) is 89.7 cm³/mol. The number of hydrogen-bond donors (Lipinski definition) is 0. The van der Waals surface area contributed by atoms with E-state index in [1.165, 1.54) is 0 Å². The van der Waals surface area contributed by atoms with Gasteiger partial charge in [0, 0.05) is 28.1 Å². The standard InChI is InChI=1S/C18H15BrO3/c1-21-13-7-11(8-14(10-13)22-2)6-12-9-16-15(18(12)20)4-3-5-17(16)19/h3-8,10H,9H2,1-2H3/b12-6+. The van der Waals surface area contributed by atoms with Gasteiger partial charge in [-0.25, -0.2) is 0 Å². The topological polar surface area (TPSA) is 35.5 Å². The molecule has 22 heavy (non-hydrogen) atoms. The summed E-state index contributed by atoms with van der Waals surface area (Å²) in [6.07, 6.45) is 2.54. The highest BCUT2D eigenvalue weighted by atomic mass is 79.9. The van der Waals surface area contributed by atoms with Crippen molar-refractivity contribution in [1.29, 1.82) is 0 Å². The fraction of sp³-hybridized carbons (Fsp3) is 0.167. The monoisotopic (exact) mass is 358 g/mol. The van der Waals surface area contributed by atoms with E-state index in [2.05, 4.69) is 15.9 Å². The van der Waals surface area contributed by atoms with E-state index in [0.717, 1.165) is 26.7 Å². The van der Waals surface area contributed by atoms with Crippen LogP contribution < -0.4 is 9.47 Å². The molecular formula is C18H15BrO3. The number of Topliss-reactive ketones (excluding diaryl/α,β-unsaturated/α-hetero) is 1. The quantitative estimate of drug-likeness (QED) is 0.767. The van der Waals surface area contributed by atoms with Crippen LogP contribution in [0.3, 0.4) is 0 Å². The lowest BCUT2D eigenvalue weighted by molar-refractivity contribution is 0.104. The van der Waals surface area contributed by atoms with E-state index in [1.807, 2.05) is 42.5 Å². The Bertz CT molecular complexity index is 756. The van der Waals surface area contributed by atoms with Crippen LogP contribution in [0.4, 0.5) is 0 Å². The van der Waals surface area contributed by atoms with E-state index in [4.69, 9.17) is 9.47 Å². The zero-order valence-corrected chi connectivity index (χ0v) is 13.9. The van der Waals surface area contributed by atoms with Crippen LogP contribution in [-0.2, 0) is 6.42 Å². The fourth-order valence-electron chi connectivity index (χ4n) is 2.63. The average Bonchev–Trinajstić information content (AvgIpc) is 2.85. The number of hydrogen-bond acceptors (Lipinski definition) is 3. The van der Waals surface area contributed by atoms with Gasteiger partial charge in [-0.15, -0.1) is 0 Å². The Balaban J connectivity index is 2.01. The first-order valence-electron chi connectivity index (χ1n) is 6.88. The van der Waals surface area contributed by atoms with Crippen molar-refractivity contribution in [2.24, 2.45) is 0 Å². The molecule has 0 aromatic heterocycles. The van der Waals surface area contributed by atoms with E-state index in [1.54, 1.807) is 14.2 Å². The van der Waals surface area contributed by atoms with Gasteiger partial charge in [0.05, 0.1) is 14.2 Å². The SMILES string of the molecule is COc1cc(/C=C2\Cc3c(Br)cccc3C2=O)cc(OC)c1. The van der Waals surface area contributed by atoms with Gasteiger partial charge in [0.2, 0.25) is 0 Å². The van der Waals surface area contributed by atoms with E-state index in [0.29, 0.717) is 17.9 Å². The molecule has 0 unspecified atom stereocenters. The summed E-state index contributed by atoms with van der Waals surface area (Å²) in [5, 5.41) is 0. The summed E-state index contributed by atoms with van der Waals surface area (Å²) in [6, 6.07) is 11.3. The molecule has 0 fully saturated rings. The van der Waals surface area contributed by atoms with Crippen LogP contribution in [-0.4, -0.2) is 20.0 Å². The predicted octanol–water partition coefficient (Wildman–Crippen LogP) is 4.29. The molecule has 0 spiro atoms. The van der Waals surface area contributed by atoms with Crippen LogP contribution in [0.2, 0.25) is 0 Å². The Morgan fingerprint density at radius 2 is 1.77 bits per heavy atom. The average molecular weight is 359 g/mol. The second kappa shape index (κ2) is 5.97. The molecule has 0 amide bonds. The number of carbonyl (C=O) groups is 1. The highest BCUT2D eigenvalue weighted by Crippen LogP contribution is 2.33. The Kier molecular flexibility index (Phi) is 4.03. The molecule has 2 aromatic rings. The molecule has 3 rings (SSSR count). The van der Waals surface area contributed by atoms with Gasteiger partial charge in [0.1, 0.15) is 11.5 Å². The number of ketones is 1. The molecule has 2 aromatic carbocycles. The van der Waals surface area contributed by atoms with Crippen molar-refractivity contribution in [1.82, 2.24) is 0 Å². The summed E-state index contributed by atoms with van der Waals surface area (Å²) >= 11 is 3.51. The smallest absolute Gasteiger partial charge is 0.189 e. The maximum absolute atomic E-state index is 12.5. The molecule has 0 bridgehead atoms. The first-order chi connectivity index (χ1) is 10.6. The van der Waals surface area contributed by atoms with Crippen molar-refractivity contribution in [3.63, 3.8) is 0 Å². The molecule has 0 aliphatic heterocycles. The van der Waals surface area contributed by atoms with Gasteiger partial charge in [-0.3, -0.25) is 4.79 Å². The Morgan fingerprint density at radius 1 is 1.09 bits per heavy atom. The molecule has 1 aliphatic carbocycles. The number of carbonyl (C=O) groups excluding carboxylic acids is 1. The summed E-state index contributed by atoms with van der Waals surface area (Å²) in [5.74, 6) is 1.49. The van der Waals surface area contributed by atoms with Crippen LogP contribution in [0.5, 0.6) is 11.5 Å². The zero-order chi connectivity index (χ0) is 15.7. The van der Waals surface area contributed by atoms with Crippen molar-refractivity contribution >= 4 is 27.8 Å². The van der Waals surface area contributed by atoms with Gasteiger partial charge in [0.15, 0.2) is 5.78 Å². The van der Waals surface area contributed by atoms with E-state index >= 15 is 0 Å². The molecule has 1 aliphatic rings. The molecule has 0 radical (unpaired) electrons. The van der Waals surface area contributed by atoms with E-state index in [-0.39, 0.29) is 5.78 Å². The van der Waals surface area contributed by atoms with Gasteiger partial charge < -0.3 is 9.47 Å². The van der Waals surface area contributed by atoms with Crippen LogP contribution in [0.25, 0.3) is 6.08 Å². The van der Waals surface area contributed by atoms with Crippen molar-refractivity contribution < 1.29 is 14.3 Å². The van der Waals surface area contributed by atoms with Crippen molar-refractivity contribution in [3.8, 4) is 11.5 Å². The summed E-state index contributed by atoms with van der Waals surface area (Å²) in [7, 11) is 3.22. The van der Waals surface area contributed by atoms with Gasteiger partial charge in [-0.1, -0.05) is 28.1 Å². The molecular weight excluding hydrogens is 344 g/mol. The lowest BCUT2D eigenvalue weighted by Gasteiger charge is -2.06. The lowest BCUT2D eigenvalue weighted by Crippen LogP contribution is -1.95. The number of allylic oxidation sites excluding steroid dienone is 1. The summed E-state index contributed by atoms with van der Waals surface area (Å²) in [4.78, 5) is 12.5. The molecule has 112 valence electrons. The molecule has 0 N–H and O–H groups in total. The maximum Gasteiger partial charge on any atom is 0.189 e. The second-order valence-electron chi connectivity index (χ2n) is 5.09. The number of methoxy groups -OCH3 is 2. The minimum absolute atomic E-state index is 0.0816. The Labute approximate surface area is 137 Å². The number of rotatable bonds is 3.